The van der Waals surface area contributed by atoms with Crippen LogP contribution in [0.3, 0.4) is 0 Å². The molecule has 1 aromatic carbocycles. The molecule has 2 heteroatoms. The second-order valence-corrected chi connectivity index (χ2v) is 6.10. The molecule has 0 aliphatic carbocycles. The summed E-state index contributed by atoms with van der Waals surface area (Å²) < 4.78 is 0. The van der Waals surface area contributed by atoms with Crippen LogP contribution in [0.5, 0.6) is 0 Å². The third kappa shape index (κ3) is 3.62. The highest BCUT2D eigenvalue weighted by Gasteiger charge is 2.00. The summed E-state index contributed by atoms with van der Waals surface area (Å²) in [5.41, 5.74) is 2.22. The second-order valence-electron chi connectivity index (χ2n) is 4.24. The number of benzene rings is 1. The van der Waals surface area contributed by atoms with Gasteiger partial charge in [-0.05, 0) is 36.3 Å². The van der Waals surface area contributed by atoms with Gasteiger partial charge < -0.3 is 0 Å². The van der Waals surface area contributed by atoms with E-state index in [1.54, 1.807) is 0 Å². The van der Waals surface area contributed by atoms with Crippen molar-refractivity contribution in [2.24, 2.45) is 0 Å². The minimum atomic E-state index is 0.898. The normalized spacial score (nSPS) is 11.6. The van der Waals surface area contributed by atoms with Crippen LogP contribution in [0.15, 0.2) is 60.7 Å². The first-order chi connectivity index (χ1) is 8.65. The molecule has 0 bridgehead atoms. The summed E-state index contributed by atoms with van der Waals surface area (Å²) in [7, 11) is 0. The average Bonchev–Trinajstić information content (AvgIpc) is 2.75. The zero-order valence-corrected chi connectivity index (χ0v) is 12.1. The third-order valence-electron chi connectivity index (χ3n) is 2.61. The summed E-state index contributed by atoms with van der Waals surface area (Å²) in [5.74, 6) is 0. The van der Waals surface area contributed by atoms with Gasteiger partial charge in [0.05, 0.1) is 0 Å². The van der Waals surface area contributed by atoms with Crippen LogP contribution in [0.4, 0.5) is 0 Å². The fraction of sp³-hybridized carbons (Fsp3) is 0.125. The van der Waals surface area contributed by atoms with Gasteiger partial charge in [0.2, 0.25) is 0 Å². The number of allylic oxidation sites excluding steroid dienone is 2. The fourth-order valence-electron chi connectivity index (χ4n) is 1.74. The molecule has 0 spiro atoms. The molecule has 0 saturated carbocycles. The van der Waals surface area contributed by atoms with Crippen LogP contribution in [-0.2, 0) is 6.42 Å². The largest absolute Gasteiger partial charge is 0.145 e. The molecule has 92 valence electrons. The molecule has 0 amide bonds. The number of aryl methyl sites for hydroxylation is 1. The molecule has 18 heavy (non-hydrogen) atoms. The quantitative estimate of drug-likeness (QED) is 0.579. The number of thiophene rings is 1. The zero-order valence-electron chi connectivity index (χ0n) is 10.4. The van der Waals surface area contributed by atoms with E-state index in [2.05, 4.69) is 50.4 Å². The molecule has 0 radical (unpaired) electrons. The van der Waals surface area contributed by atoms with Crippen LogP contribution in [0, 0.1) is 6.92 Å². The van der Waals surface area contributed by atoms with E-state index >= 15 is 0 Å². The highest BCUT2D eigenvalue weighted by molar-refractivity contribution is 7.90. The summed E-state index contributed by atoms with van der Waals surface area (Å²) in [6.07, 6.45) is 2.95. The van der Waals surface area contributed by atoms with Crippen molar-refractivity contribution in [3.05, 3.63) is 76.0 Å². The highest BCUT2D eigenvalue weighted by Crippen LogP contribution is 2.23. The number of rotatable bonds is 4. The Hall–Kier alpha value is -1.25. The minimum absolute atomic E-state index is 0.898. The van der Waals surface area contributed by atoms with Gasteiger partial charge in [-0.25, -0.2) is 0 Å². The lowest BCUT2D eigenvalue weighted by atomic mass is 10.1. The van der Waals surface area contributed by atoms with E-state index in [4.69, 9.17) is 0 Å². The first-order valence-electron chi connectivity index (χ1n) is 5.84. The molecular formula is C16H16S2. The van der Waals surface area contributed by atoms with Gasteiger partial charge in [-0.2, -0.15) is 0 Å². The van der Waals surface area contributed by atoms with E-state index in [9.17, 15) is 0 Å². The topological polar surface area (TPSA) is 0 Å². The first kappa shape index (κ1) is 13.2. The van der Waals surface area contributed by atoms with Crippen molar-refractivity contribution in [2.75, 3.05) is 0 Å². The van der Waals surface area contributed by atoms with Crippen molar-refractivity contribution in [3.8, 4) is 0 Å². The smallest absolute Gasteiger partial charge is 0.0115 e. The monoisotopic (exact) mass is 272 g/mol. The predicted octanol–water partition coefficient (Wildman–Crippen LogP) is 5.13. The zero-order chi connectivity index (χ0) is 13.0. The van der Waals surface area contributed by atoms with Crippen molar-refractivity contribution < 1.29 is 0 Å². The highest BCUT2D eigenvalue weighted by atomic mass is 32.1. The maximum absolute atomic E-state index is 4.53. The summed E-state index contributed by atoms with van der Waals surface area (Å²) >= 11 is 6.36. The van der Waals surface area contributed by atoms with Gasteiger partial charge in [-0.1, -0.05) is 36.9 Å². The van der Waals surface area contributed by atoms with Gasteiger partial charge in [0, 0.05) is 21.1 Å². The molecule has 2 aromatic rings. The molecule has 0 aliphatic rings. The Morgan fingerprint density at radius 1 is 1.22 bits per heavy atom. The summed E-state index contributed by atoms with van der Waals surface area (Å²) in [6.45, 7) is 6.23. The second kappa shape index (κ2) is 6.07. The van der Waals surface area contributed by atoms with Crippen molar-refractivity contribution >= 4 is 28.9 Å². The van der Waals surface area contributed by atoms with E-state index < -0.39 is 0 Å². The van der Waals surface area contributed by atoms with Crippen LogP contribution in [0.1, 0.15) is 15.3 Å². The summed E-state index contributed by atoms with van der Waals surface area (Å²) in [5, 5.41) is 0. The van der Waals surface area contributed by atoms with Crippen LogP contribution < -0.4 is 0 Å². The van der Waals surface area contributed by atoms with Gasteiger partial charge in [0.1, 0.15) is 0 Å². The standard InChI is InChI=1S/C16H16S2/c1-12(10-15-9-8-13(2)18-15)11-16(17)14-6-4-3-5-7-14/h3-9,11,17H,1,10H2,2H3/b16-11-. The SMILES string of the molecule is C=C(/C=C(\S)c1ccccc1)Cc1ccc(C)s1. The Labute approximate surface area is 118 Å². The van der Waals surface area contributed by atoms with E-state index in [0.717, 1.165) is 22.5 Å². The van der Waals surface area contributed by atoms with Crippen molar-refractivity contribution in [3.63, 3.8) is 0 Å². The molecule has 0 nitrogen and oxygen atoms in total. The van der Waals surface area contributed by atoms with E-state index in [1.165, 1.54) is 9.75 Å². The molecular weight excluding hydrogens is 256 g/mol. The molecule has 0 fully saturated rings. The molecule has 2 rings (SSSR count). The number of thiol groups is 1. The molecule has 0 saturated heterocycles. The predicted molar refractivity (Wildman–Crippen MR) is 85.3 cm³/mol. The van der Waals surface area contributed by atoms with Gasteiger partial charge in [0.15, 0.2) is 0 Å². The molecule has 0 atom stereocenters. The van der Waals surface area contributed by atoms with E-state index in [-0.39, 0.29) is 0 Å². The van der Waals surface area contributed by atoms with Gasteiger partial charge in [-0.15, -0.1) is 24.0 Å². The van der Waals surface area contributed by atoms with Crippen LogP contribution in [0.25, 0.3) is 4.91 Å². The number of hydrogen-bond donors (Lipinski definition) is 1. The lowest BCUT2D eigenvalue weighted by molar-refractivity contribution is 1.26. The minimum Gasteiger partial charge on any atom is -0.145 e. The Morgan fingerprint density at radius 2 is 1.94 bits per heavy atom. The Balaban J connectivity index is 2.06. The van der Waals surface area contributed by atoms with Crippen LogP contribution >= 0.6 is 24.0 Å². The van der Waals surface area contributed by atoms with Crippen LogP contribution in [0.2, 0.25) is 0 Å². The molecule has 1 heterocycles. The molecule has 1 aromatic heterocycles. The Bertz CT molecular complexity index is 562. The maximum Gasteiger partial charge on any atom is 0.0115 e. The van der Waals surface area contributed by atoms with Crippen molar-refractivity contribution in [2.45, 2.75) is 13.3 Å². The third-order valence-corrected chi connectivity index (χ3v) is 4.00. The van der Waals surface area contributed by atoms with E-state index in [0.29, 0.717) is 0 Å². The van der Waals surface area contributed by atoms with Gasteiger partial charge >= 0.3 is 0 Å². The lowest BCUT2D eigenvalue weighted by Gasteiger charge is -2.02. The lowest BCUT2D eigenvalue weighted by Crippen LogP contribution is -1.83. The van der Waals surface area contributed by atoms with Crippen molar-refractivity contribution in [1.82, 2.24) is 0 Å². The maximum atomic E-state index is 4.53. The molecule has 0 unspecified atom stereocenters. The Kier molecular flexibility index (Phi) is 4.45. The summed E-state index contributed by atoms with van der Waals surface area (Å²) in [6, 6.07) is 14.5. The van der Waals surface area contributed by atoms with Crippen molar-refractivity contribution in [1.29, 1.82) is 0 Å². The first-order valence-corrected chi connectivity index (χ1v) is 7.10. The summed E-state index contributed by atoms with van der Waals surface area (Å²) in [4.78, 5) is 3.66. The molecule has 0 N–H and O–H groups in total. The van der Waals surface area contributed by atoms with Crippen LogP contribution in [-0.4, -0.2) is 0 Å². The van der Waals surface area contributed by atoms with E-state index in [1.807, 2.05) is 35.6 Å². The Morgan fingerprint density at radius 3 is 2.56 bits per heavy atom. The average molecular weight is 272 g/mol. The van der Waals surface area contributed by atoms with Gasteiger partial charge in [-0.3, -0.25) is 0 Å². The molecule has 0 aliphatic heterocycles. The fourth-order valence-corrected chi connectivity index (χ4v) is 3.02. The van der Waals surface area contributed by atoms with Gasteiger partial charge in [0.25, 0.3) is 0 Å². The number of hydrogen-bond acceptors (Lipinski definition) is 2.